The van der Waals surface area contributed by atoms with Gasteiger partial charge >= 0.3 is 0 Å². The Bertz CT molecular complexity index is 3150. The van der Waals surface area contributed by atoms with Crippen LogP contribution in [-0.2, 0) is 10.8 Å². The Labute approximate surface area is 466 Å². The summed E-state index contributed by atoms with van der Waals surface area (Å²) >= 11 is 0. The molecule has 9 aromatic carbocycles. The SMILES string of the molecule is CCCCC1(CCCC)c2cc(/C=C/c3ccc(N(c4ccccc4)c4ccccc4)cc3)ccc2-c2cc3c(cc21)-c1ccc(/C=C/c2ccc(N(c4ccccc4)c4ccccc4)cc2)cc1C3(CCCC)CCCC. The van der Waals surface area contributed by atoms with Crippen LogP contribution in [0.2, 0.25) is 0 Å². The normalized spacial score (nSPS) is 13.6. The molecule has 0 spiro atoms. The van der Waals surface area contributed by atoms with E-state index in [-0.39, 0.29) is 10.8 Å². The molecule has 0 aromatic heterocycles. The zero-order valence-corrected chi connectivity index (χ0v) is 46.5. The van der Waals surface area contributed by atoms with Crippen molar-refractivity contribution in [3.8, 4) is 22.3 Å². The third-order valence-electron chi connectivity index (χ3n) is 17.0. The summed E-state index contributed by atoms with van der Waals surface area (Å²) in [5.41, 5.74) is 23.8. The van der Waals surface area contributed by atoms with Crippen molar-refractivity contribution in [2.24, 2.45) is 0 Å². The first-order chi connectivity index (χ1) is 38.5. The molecule has 78 heavy (non-hydrogen) atoms. The van der Waals surface area contributed by atoms with Gasteiger partial charge in [0.2, 0.25) is 0 Å². The summed E-state index contributed by atoms with van der Waals surface area (Å²) in [6, 6.07) is 81.0. The lowest BCUT2D eigenvalue weighted by Gasteiger charge is -2.34. The van der Waals surface area contributed by atoms with Crippen molar-refractivity contribution < 1.29 is 0 Å². The molecule has 2 aliphatic carbocycles. The van der Waals surface area contributed by atoms with Gasteiger partial charge in [-0.1, -0.05) is 237 Å². The van der Waals surface area contributed by atoms with Gasteiger partial charge in [-0.3, -0.25) is 0 Å². The van der Waals surface area contributed by atoms with E-state index in [1.165, 1.54) is 133 Å². The zero-order valence-electron chi connectivity index (χ0n) is 46.5. The minimum atomic E-state index is -0.0365. The van der Waals surface area contributed by atoms with Crippen LogP contribution in [0, 0.1) is 0 Å². The topological polar surface area (TPSA) is 6.48 Å². The summed E-state index contributed by atoms with van der Waals surface area (Å²) in [5, 5.41) is 0. The fourth-order valence-electron chi connectivity index (χ4n) is 13.0. The van der Waals surface area contributed by atoms with Gasteiger partial charge in [-0.05, 0) is 177 Å². The molecule has 390 valence electrons. The molecule has 0 atom stereocenters. The first-order valence-electron chi connectivity index (χ1n) is 29.3. The van der Waals surface area contributed by atoms with Crippen LogP contribution in [0.15, 0.2) is 218 Å². The van der Waals surface area contributed by atoms with Crippen molar-refractivity contribution in [3.63, 3.8) is 0 Å². The van der Waals surface area contributed by atoms with Crippen LogP contribution in [-0.4, -0.2) is 0 Å². The molecule has 0 bridgehead atoms. The van der Waals surface area contributed by atoms with Gasteiger partial charge in [0, 0.05) is 45.0 Å². The maximum Gasteiger partial charge on any atom is 0.0462 e. The second kappa shape index (κ2) is 23.7. The number of unbranched alkanes of at least 4 members (excludes halogenated alkanes) is 4. The fraction of sp³-hybridized carbons (Fsp3) is 0.237. The molecule has 0 unspecified atom stereocenters. The summed E-state index contributed by atoms with van der Waals surface area (Å²) in [7, 11) is 0. The average molecular weight is 1020 g/mol. The van der Waals surface area contributed by atoms with E-state index < -0.39 is 0 Å². The van der Waals surface area contributed by atoms with Crippen molar-refractivity contribution in [2.45, 2.75) is 116 Å². The Morgan fingerprint density at radius 2 is 0.526 bits per heavy atom. The largest absolute Gasteiger partial charge is 0.311 e. The minimum absolute atomic E-state index is 0.0365. The molecule has 2 aliphatic rings. The van der Waals surface area contributed by atoms with Crippen LogP contribution >= 0.6 is 0 Å². The standard InChI is InChI=1S/C76H76N2/c1-5-9-49-75(50-10-6-2)71-53-59(35-33-57-37-43-65(44-38-57)77(61-25-17-13-18-26-61)62-27-19-14-20-28-62)41-47-67(71)69-56-74-70(55-73(69)75)68-48-42-60(54-72(68)76(74,51-11-7-3)52-12-8-4)36-34-58-39-45-66(46-40-58)78(63-29-21-15-22-30-63)64-31-23-16-24-32-64/h13-48,53-56H,5-12,49-52H2,1-4H3/b35-33+,36-34+. The third kappa shape index (κ3) is 10.3. The van der Waals surface area contributed by atoms with Gasteiger partial charge in [0.1, 0.15) is 0 Å². The number of anilines is 6. The summed E-state index contributed by atoms with van der Waals surface area (Å²) in [5.74, 6) is 0. The molecule has 0 saturated heterocycles. The predicted molar refractivity (Wildman–Crippen MR) is 337 cm³/mol. The van der Waals surface area contributed by atoms with Crippen LogP contribution in [0.3, 0.4) is 0 Å². The van der Waals surface area contributed by atoms with E-state index in [4.69, 9.17) is 0 Å². The molecule has 0 radical (unpaired) electrons. The Morgan fingerprint density at radius 3 is 0.821 bits per heavy atom. The lowest BCUT2D eigenvalue weighted by Crippen LogP contribution is -2.27. The molecule has 0 fully saturated rings. The van der Waals surface area contributed by atoms with Gasteiger partial charge in [0.05, 0.1) is 0 Å². The second-order valence-corrected chi connectivity index (χ2v) is 22.0. The molecule has 2 heteroatoms. The van der Waals surface area contributed by atoms with E-state index in [1.807, 2.05) is 0 Å². The van der Waals surface area contributed by atoms with E-state index in [1.54, 1.807) is 11.1 Å². The highest BCUT2D eigenvalue weighted by atomic mass is 15.1. The molecule has 0 amide bonds. The first kappa shape index (κ1) is 52.1. The molecule has 2 nitrogen and oxygen atoms in total. The van der Waals surface area contributed by atoms with Gasteiger partial charge in [-0.2, -0.15) is 0 Å². The van der Waals surface area contributed by atoms with Crippen LogP contribution in [0.4, 0.5) is 34.1 Å². The smallest absolute Gasteiger partial charge is 0.0462 e. The summed E-state index contributed by atoms with van der Waals surface area (Å²) in [6.45, 7) is 9.48. The number of nitrogens with zero attached hydrogens (tertiary/aromatic N) is 2. The van der Waals surface area contributed by atoms with Crippen molar-refractivity contribution in [2.75, 3.05) is 9.80 Å². The van der Waals surface area contributed by atoms with Crippen molar-refractivity contribution in [1.29, 1.82) is 0 Å². The fourth-order valence-corrected chi connectivity index (χ4v) is 13.0. The molecular weight excluding hydrogens is 941 g/mol. The maximum absolute atomic E-state index is 2.73. The van der Waals surface area contributed by atoms with Crippen molar-refractivity contribution in [3.05, 3.63) is 263 Å². The predicted octanol–water partition coefficient (Wildman–Crippen LogP) is 22.3. The van der Waals surface area contributed by atoms with E-state index >= 15 is 0 Å². The highest BCUT2D eigenvalue weighted by Gasteiger charge is 2.47. The third-order valence-corrected chi connectivity index (χ3v) is 17.0. The summed E-state index contributed by atoms with van der Waals surface area (Å²) in [6.07, 6.45) is 23.5. The molecule has 0 aliphatic heterocycles. The van der Waals surface area contributed by atoms with E-state index in [0.29, 0.717) is 0 Å². The number of fused-ring (bicyclic) bond motifs is 6. The average Bonchev–Trinajstić information content (AvgIpc) is 3.87. The Kier molecular flexibility index (Phi) is 15.9. The minimum Gasteiger partial charge on any atom is -0.311 e. The number of hydrogen-bond acceptors (Lipinski definition) is 2. The van der Waals surface area contributed by atoms with Gasteiger partial charge in [-0.25, -0.2) is 0 Å². The van der Waals surface area contributed by atoms with Crippen molar-refractivity contribution in [1.82, 2.24) is 0 Å². The first-order valence-corrected chi connectivity index (χ1v) is 29.3. The number of para-hydroxylation sites is 4. The number of benzene rings is 9. The quantitative estimate of drug-likeness (QED) is 0.0624. The van der Waals surface area contributed by atoms with Crippen LogP contribution in [0.25, 0.3) is 46.6 Å². The second-order valence-electron chi connectivity index (χ2n) is 22.0. The van der Waals surface area contributed by atoms with E-state index in [0.717, 1.165) is 34.1 Å². The van der Waals surface area contributed by atoms with Gasteiger partial charge in [0.25, 0.3) is 0 Å². The molecule has 0 heterocycles. The van der Waals surface area contributed by atoms with E-state index in [2.05, 4.69) is 280 Å². The zero-order chi connectivity index (χ0) is 53.3. The Morgan fingerprint density at radius 1 is 0.269 bits per heavy atom. The molecule has 0 N–H and O–H groups in total. The molecule has 9 aromatic rings. The lowest BCUT2D eigenvalue weighted by molar-refractivity contribution is 0.410. The highest BCUT2D eigenvalue weighted by Crippen LogP contribution is 2.61. The highest BCUT2D eigenvalue weighted by molar-refractivity contribution is 5.92. The summed E-state index contributed by atoms with van der Waals surface area (Å²) < 4.78 is 0. The lowest BCUT2D eigenvalue weighted by atomic mass is 9.68. The molecular formula is C76H76N2. The number of rotatable bonds is 22. The van der Waals surface area contributed by atoms with Gasteiger partial charge in [-0.15, -0.1) is 0 Å². The van der Waals surface area contributed by atoms with E-state index in [9.17, 15) is 0 Å². The summed E-state index contributed by atoms with van der Waals surface area (Å²) in [4.78, 5) is 4.65. The van der Waals surface area contributed by atoms with Gasteiger partial charge in [0.15, 0.2) is 0 Å². The molecule has 0 saturated carbocycles. The molecule has 11 rings (SSSR count). The van der Waals surface area contributed by atoms with Crippen LogP contribution in [0.1, 0.15) is 149 Å². The number of hydrogen-bond donors (Lipinski definition) is 0. The van der Waals surface area contributed by atoms with Crippen LogP contribution < -0.4 is 9.80 Å². The Hall–Kier alpha value is -7.94. The monoisotopic (exact) mass is 1020 g/mol. The van der Waals surface area contributed by atoms with Crippen molar-refractivity contribution >= 4 is 58.4 Å². The van der Waals surface area contributed by atoms with Gasteiger partial charge < -0.3 is 9.80 Å². The Balaban J connectivity index is 0.938. The maximum atomic E-state index is 2.73. The van der Waals surface area contributed by atoms with Crippen LogP contribution in [0.5, 0.6) is 0 Å².